The molecule has 2 aromatic carbocycles. The summed E-state index contributed by atoms with van der Waals surface area (Å²) in [6.07, 6.45) is 0. The van der Waals surface area contributed by atoms with Gasteiger partial charge in [-0.05, 0) is 37.6 Å². The van der Waals surface area contributed by atoms with Crippen molar-refractivity contribution >= 4 is 17.1 Å². The molecule has 0 saturated carbocycles. The van der Waals surface area contributed by atoms with Crippen molar-refractivity contribution in [2.75, 3.05) is 5.32 Å². The van der Waals surface area contributed by atoms with Crippen LogP contribution < -0.4 is 5.32 Å². The Morgan fingerprint density at radius 2 is 1.95 bits per heavy atom. The number of hydrogen-bond acceptors (Lipinski definition) is 4. The molecule has 0 saturated heterocycles. The molecule has 0 bridgehead atoms. The normalized spacial score (nSPS) is 9.85. The number of nitriles is 1. The van der Waals surface area contributed by atoms with Gasteiger partial charge in [-0.2, -0.15) is 5.26 Å². The molecule has 0 heterocycles. The van der Waals surface area contributed by atoms with Gasteiger partial charge in [0.25, 0.3) is 5.69 Å². The minimum Gasteiger partial charge on any atom is -0.354 e. The number of rotatable bonds is 3. The van der Waals surface area contributed by atoms with Crippen molar-refractivity contribution in [2.45, 2.75) is 13.8 Å². The van der Waals surface area contributed by atoms with E-state index in [9.17, 15) is 10.1 Å². The molecule has 0 aromatic heterocycles. The first-order chi connectivity index (χ1) is 9.51. The summed E-state index contributed by atoms with van der Waals surface area (Å²) in [4.78, 5) is 10.5. The number of aryl methyl sites for hydroxylation is 2. The van der Waals surface area contributed by atoms with Crippen LogP contribution in [0.15, 0.2) is 36.4 Å². The van der Waals surface area contributed by atoms with Gasteiger partial charge in [-0.25, -0.2) is 0 Å². The topological polar surface area (TPSA) is 79.0 Å². The van der Waals surface area contributed by atoms with Crippen molar-refractivity contribution in [2.24, 2.45) is 0 Å². The van der Waals surface area contributed by atoms with Gasteiger partial charge in [0.1, 0.15) is 6.07 Å². The Kier molecular flexibility index (Phi) is 3.67. The van der Waals surface area contributed by atoms with Gasteiger partial charge in [0, 0.05) is 17.3 Å². The van der Waals surface area contributed by atoms with Crippen LogP contribution in [0, 0.1) is 35.3 Å². The molecule has 0 aliphatic heterocycles. The van der Waals surface area contributed by atoms with Gasteiger partial charge < -0.3 is 5.32 Å². The first-order valence-corrected chi connectivity index (χ1v) is 6.04. The molecule has 0 spiro atoms. The lowest BCUT2D eigenvalue weighted by molar-refractivity contribution is -0.385. The van der Waals surface area contributed by atoms with Gasteiger partial charge in [-0.15, -0.1) is 0 Å². The Labute approximate surface area is 116 Å². The fraction of sp³-hybridized carbons (Fsp3) is 0.133. The lowest BCUT2D eigenvalue weighted by Gasteiger charge is -2.09. The average Bonchev–Trinajstić information content (AvgIpc) is 2.42. The zero-order valence-corrected chi connectivity index (χ0v) is 11.2. The third kappa shape index (κ3) is 2.75. The molecule has 0 atom stereocenters. The number of hydrogen-bond donors (Lipinski definition) is 1. The smallest absolute Gasteiger partial charge is 0.274 e. The average molecular weight is 267 g/mol. The Morgan fingerprint density at radius 1 is 1.20 bits per heavy atom. The van der Waals surface area contributed by atoms with Crippen molar-refractivity contribution in [3.05, 3.63) is 63.2 Å². The molecule has 0 unspecified atom stereocenters. The maximum absolute atomic E-state index is 10.9. The van der Waals surface area contributed by atoms with E-state index in [1.807, 2.05) is 13.0 Å². The second kappa shape index (κ2) is 5.41. The highest BCUT2D eigenvalue weighted by Crippen LogP contribution is 2.26. The summed E-state index contributed by atoms with van der Waals surface area (Å²) < 4.78 is 0. The number of benzene rings is 2. The summed E-state index contributed by atoms with van der Waals surface area (Å²) in [5.41, 5.74) is 3.37. The predicted molar refractivity (Wildman–Crippen MR) is 77.0 cm³/mol. The fourth-order valence-electron chi connectivity index (χ4n) is 1.90. The standard InChI is InChI=1S/C15H13N3O2/c1-10-3-6-14(12(7-10)9-16)17-13-5-4-11(2)15(8-13)18(19)20/h3-8,17H,1-2H3. The first-order valence-electron chi connectivity index (χ1n) is 6.04. The summed E-state index contributed by atoms with van der Waals surface area (Å²) in [5.74, 6) is 0. The van der Waals surface area contributed by atoms with Crippen LogP contribution in [0.4, 0.5) is 17.1 Å². The lowest BCUT2D eigenvalue weighted by Crippen LogP contribution is -1.97. The van der Waals surface area contributed by atoms with E-state index in [0.717, 1.165) is 5.56 Å². The van der Waals surface area contributed by atoms with Crippen molar-refractivity contribution in [1.29, 1.82) is 5.26 Å². The molecular formula is C15H13N3O2. The maximum atomic E-state index is 10.9. The highest BCUT2D eigenvalue weighted by atomic mass is 16.6. The fourth-order valence-corrected chi connectivity index (χ4v) is 1.90. The second-order valence-electron chi connectivity index (χ2n) is 4.54. The van der Waals surface area contributed by atoms with Gasteiger partial charge in [-0.3, -0.25) is 10.1 Å². The highest BCUT2D eigenvalue weighted by molar-refractivity contribution is 5.69. The molecule has 1 N–H and O–H groups in total. The Bertz CT molecular complexity index is 718. The molecule has 2 rings (SSSR count). The van der Waals surface area contributed by atoms with Crippen LogP contribution in [0.25, 0.3) is 0 Å². The van der Waals surface area contributed by atoms with Crippen LogP contribution in [0.1, 0.15) is 16.7 Å². The maximum Gasteiger partial charge on any atom is 0.274 e. The van der Waals surface area contributed by atoms with E-state index >= 15 is 0 Å². The summed E-state index contributed by atoms with van der Waals surface area (Å²) >= 11 is 0. The van der Waals surface area contributed by atoms with Crippen molar-refractivity contribution in [1.82, 2.24) is 0 Å². The van der Waals surface area contributed by atoms with Crippen molar-refractivity contribution in [3.63, 3.8) is 0 Å². The number of nitrogens with zero attached hydrogens (tertiary/aromatic N) is 2. The quantitative estimate of drug-likeness (QED) is 0.677. The lowest BCUT2D eigenvalue weighted by atomic mass is 10.1. The van der Waals surface area contributed by atoms with Crippen molar-refractivity contribution < 1.29 is 4.92 Å². The summed E-state index contributed by atoms with van der Waals surface area (Å²) in [6.45, 7) is 3.59. The summed E-state index contributed by atoms with van der Waals surface area (Å²) in [5, 5.41) is 23.1. The number of nitro groups is 1. The highest BCUT2D eigenvalue weighted by Gasteiger charge is 2.11. The van der Waals surface area contributed by atoms with Gasteiger partial charge in [0.2, 0.25) is 0 Å². The molecule has 100 valence electrons. The van der Waals surface area contributed by atoms with Gasteiger partial charge >= 0.3 is 0 Å². The van der Waals surface area contributed by atoms with Crippen LogP contribution in [0.2, 0.25) is 0 Å². The molecule has 0 radical (unpaired) electrons. The monoisotopic (exact) mass is 267 g/mol. The molecular weight excluding hydrogens is 254 g/mol. The van der Waals surface area contributed by atoms with E-state index in [4.69, 9.17) is 5.26 Å². The molecule has 5 nitrogen and oxygen atoms in total. The van der Waals surface area contributed by atoms with E-state index in [2.05, 4.69) is 11.4 Å². The van der Waals surface area contributed by atoms with E-state index in [1.165, 1.54) is 6.07 Å². The Balaban J connectivity index is 2.38. The number of nitro benzene ring substituents is 1. The van der Waals surface area contributed by atoms with Crippen LogP contribution in [0.5, 0.6) is 0 Å². The molecule has 0 fully saturated rings. The van der Waals surface area contributed by atoms with E-state index < -0.39 is 4.92 Å². The van der Waals surface area contributed by atoms with Gasteiger partial charge in [-0.1, -0.05) is 12.1 Å². The van der Waals surface area contributed by atoms with Crippen LogP contribution in [-0.4, -0.2) is 4.92 Å². The predicted octanol–water partition coefficient (Wildman–Crippen LogP) is 3.83. The minimum absolute atomic E-state index is 0.0561. The van der Waals surface area contributed by atoms with Crippen LogP contribution >= 0.6 is 0 Å². The van der Waals surface area contributed by atoms with E-state index in [0.29, 0.717) is 22.5 Å². The molecule has 0 aliphatic rings. The van der Waals surface area contributed by atoms with Crippen molar-refractivity contribution in [3.8, 4) is 6.07 Å². The number of anilines is 2. The summed E-state index contributed by atoms with van der Waals surface area (Å²) in [7, 11) is 0. The van der Waals surface area contributed by atoms with E-state index in [1.54, 1.807) is 31.2 Å². The Morgan fingerprint density at radius 3 is 2.60 bits per heavy atom. The molecule has 2 aromatic rings. The Hall–Kier alpha value is -2.87. The zero-order chi connectivity index (χ0) is 14.7. The van der Waals surface area contributed by atoms with Gasteiger partial charge in [0.05, 0.1) is 16.2 Å². The zero-order valence-electron chi connectivity index (χ0n) is 11.2. The molecule has 0 amide bonds. The third-order valence-electron chi connectivity index (χ3n) is 2.98. The minimum atomic E-state index is -0.416. The molecule has 0 aliphatic carbocycles. The summed E-state index contributed by atoms with van der Waals surface area (Å²) in [6, 6.07) is 12.5. The second-order valence-corrected chi connectivity index (χ2v) is 4.54. The number of nitrogens with one attached hydrogen (secondary N) is 1. The largest absolute Gasteiger partial charge is 0.354 e. The third-order valence-corrected chi connectivity index (χ3v) is 2.98. The molecule has 20 heavy (non-hydrogen) atoms. The first kappa shape index (κ1) is 13.6. The van der Waals surface area contributed by atoms with Gasteiger partial charge in [0.15, 0.2) is 0 Å². The van der Waals surface area contributed by atoms with Crippen LogP contribution in [0.3, 0.4) is 0 Å². The van der Waals surface area contributed by atoms with E-state index in [-0.39, 0.29) is 5.69 Å². The SMILES string of the molecule is Cc1ccc(Nc2ccc(C)c([N+](=O)[O-])c2)c(C#N)c1. The molecule has 5 heteroatoms. The van der Waals surface area contributed by atoms with Crippen LogP contribution in [-0.2, 0) is 0 Å².